The first kappa shape index (κ1) is 10.6. The van der Waals surface area contributed by atoms with Crippen LogP contribution in [0.5, 0.6) is 0 Å². The molecule has 1 unspecified atom stereocenters. The second kappa shape index (κ2) is 5.27. The Balaban J connectivity index is 4.13. The molecule has 0 bridgehead atoms. The van der Waals surface area contributed by atoms with Crippen molar-refractivity contribution < 1.29 is 14.7 Å². The normalized spacial score (nSPS) is 13.3. The SMILES string of the molecule is C/C(=C\C(C)CN=C=O)C(=O)O. The molecule has 4 heteroatoms. The van der Waals surface area contributed by atoms with Gasteiger partial charge in [0, 0.05) is 5.57 Å². The van der Waals surface area contributed by atoms with Crippen molar-refractivity contribution in [3.8, 4) is 0 Å². The summed E-state index contributed by atoms with van der Waals surface area (Å²) in [5, 5.41) is 8.48. The van der Waals surface area contributed by atoms with Gasteiger partial charge in [0.05, 0.1) is 6.54 Å². The molecule has 0 aliphatic rings. The van der Waals surface area contributed by atoms with Gasteiger partial charge in [-0.15, -0.1) is 0 Å². The van der Waals surface area contributed by atoms with Crippen molar-refractivity contribution in [3.63, 3.8) is 0 Å². The summed E-state index contributed by atoms with van der Waals surface area (Å²) < 4.78 is 0. The van der Waals surface area contributed by atoms with Crippen LogP contribution in [0.2, 0.25) is 0 Å². The number of hydrogen-bond acceptors (Lipinski definition) is 3. The molecule has 4 nitrogen and oxygen atoms in total. The zero-order chi connectivity index (χ0) is 9.56. The number of carbonyl (C=O) groups is 1. The molecule has 0 spiro atoms. The van der Waals surface area contributed by atoms with Gasteiger partial charge in [-0.1, -0.05) is 13.0 Å². The van der Waals surface area contributed by atoms with Crippen LogP contribution in [-0.2, 0) is 9.59 Å². The molecular formula is C8H11NO3. The van der Waals surface area contributed by atoms with Crippen molar-refractivity contribution in [3.05, 3.63) is 11.6 Å². The van der Waals surface area contributed by atoms with Gasteiger partial charge in [0.2, 0.25) is 6.08 Å². The third kappa shape index (κ3) is 4.41. The standard InChI is InChI=1S/C8H11NO3/c1-6(4-9-5-10)3-7(2)8(11)12/h3,6H,4H2,1-2H3,(H,11,12)/b7-3+. The lowest BCUT2D eigenvalue weighted by Crippen LogP contribution is -2.01. The van der Waals surface area contributed by atoms with E-state index in [1.54, 1.807) is 13.0 Å². The van der Waals surface area contributed by atoms with Crippen LogP contribution in [-0.4, -0.2) is 23.7 Å². The maximum Gasteiger partial charge on any atom is 0.330 e. The topological polar surface area (TPSA) is 66.7 Å². The number of carboxylic acid groups (broad SMARTS) is 1. The zero-order valence-electron chi connectivity index (χ0n) is 7.07. The minimum Gasteiger partial charge on any atom is -0.478 e. The van der Waals surface area contributed by atoms with E-state index >= 15 is 0 Å². The molecule has 66 valence electrons. The van der Waals surface area contributed by atoms with Gasteiger partial charge in [0.15, 0.2) is 0 Å². The molecule has 1 atom stereocenters. The van der Waals surface area contributed by atoms with E-state index in [0.29, 0.717) is 0 Å². The summed E-state index contributed by atoms with van der Waals surface area (Å²) in [6, 6.07) is 0. The summed E-state index contributed by atoms with van der Waals surface area (Å²) >= 11 is 0. The van der Waals surface area contributed by atoms with Crippen LogP contribution in [0.15, 0.2) is 16.6 Å². The molecule has 1 N–H and O–H groups in total. The number of nitrogens with zero attached hydrogens (tertiary/aromatic N) is 1. The van der Waals surface area contributed by atoms with E-state index in [4.69, 9.17) is 5.11 Å². The Kier molecular flexibility index (Phi) is 4.65. The van der Waals surface area contributed by atoms with Gasteiger partial charge in [-0.2, -0.15) is 0 Å². The lowest BCUT2D eigenvalue weighted by molar-refractivity contribution is -0.132. The Morgan fingerprint density at radius 2 is 2.33 bits per heavy atom. The molecule has 0 fully saturated rings. The molecule has 0 rings (SSSR count). The van der Waals surface area contributed by atoms with E-state index in [0.717, 1.165) is 0 Å². The number of aliphatic imine (C=N–C) groups is 1. The molecule has 0 amide bonds. The number of isocyanates is 1. The maximum atomic E-state index is 10.3. The van der Waals surface area contributed by atoms with Gasteiger partial charge in [-0.25, -0.2) is 14.6 Å². The predicted octanol–water partition coefficient (Wildman–Crippen LogP) is 0.989. The van der Waals surface area contributed by atoms with Crippen molar-refractivity contribution in [2.45, 2.75) is 13.8 Å². The van der Waals surface area contributed by atoms with Crippen LogP contribution < -0.4 is 0 Å². The molecular weight excluding hydrogens is 158 g/mol. The summed E-state index contributed by atoms with van der Waals surface area (Å²) in [5.74, 6) is -0.987. The number of aliphatic carboxylic acids is 1. The van der Waals surface area contributed by atoms with E-state index in [9.17, 15) is 9.59 Å². The van der Waals surface area contributed by atoms with Crippen LogP contribution in [0.25, 0.3) is 0 Å². The van der Waals surface area contributed by atoms with E-state index < -0.39 is 5.97 Å². The largest absolute Gasteiger partial charge is 0.478 e. The van der Waals surface area contributed by atoms with Crippen molar-refractivity contribution in [2.24, 2.45) is 10.9 Å². The van der Waals surface area contributed by atoms with Gasteiger partial charge in [0.1, 0.15) is 0 Å². The van der Waals surface area contributed by atoms with Crippen molar-refractivity contribution in [1.82, 2.24) is 0 Å². The third-order valence-electron chi connectivity index (χ3n) is 1.32. The maximum absolute atomic E-state index is 10.3. The van der Waals surface area contributed by atoms with Crippen LogP contribution >= 0.6 is 0 Å². The highest BCUT2D eigenvalue weighted by Crippen LogP contribution is 2.02. The molecule has 0 aromatic carbocycles. The van der Waals surface area contributed by atoms with E-state index in [2.05, 4.69) is 4.99 Å². The number of carboxylic acids is 1. The van der Waals surface area contributed by atoms with Gasteiger partial charge in [-0.05, 0) is 12.8 Å². The first-order chi connectivity index (χ1) is 5.57. The van der Waals surface area contributed by atoms with Crippen LogP contribution in [0.3, 0.4) is 0 Å². The average Bonchev–Trinajstić information content (AvgIpc) is 2.00. The lowest BCUT2D eigenvalue weighted by atomic mass is 10.1. The van der Waals surface area contributed by atoms with Crippen molar-refractivity contribution in [2.75, 3.05) is 6.54 Å². The van der Waals surface area contributed by atoms with Crippen LogP contribution in [0, 0.1) is 5.92 Å². The molecule has 0 radical (unpaired) electrons. The first-order valence-corrected chi connectivity index (χ1v) is 3.53. The Labute approximate surface area is 70.6 Å². The monoisotopic (exact) mass is 169 g/mol. The fourth-order valence-electron chi connectivity index (χ4n) is 0.732. The highest BCUT2D eigenvalue weighted by molar-refractivity contribution is 5.85. The van der Waals surface area contributed by atoms with Gasteiger partial charge in [-0.3, -0.25) is 0 Å². The molecule has 12 heavy (non-hydrogen) atoms. The van der Waals surface area contributed by atoms with Crippen LogP contribution in [0.1, 0.15) is 13.8 Å². The van der Waals surface area contributed by atoms with Crippen LogP contribution in [0.4, 0.5) is 0 Å². The summed E-state index contributed by atoms with van der Waals surface area (Å²) in [6.45, 7) is 3.57. The lowest BCUT2D eigenvalue weighted by Gasteiger charge is -2.00. The Bertz CT molecular complexity index is 239. The Morgan fingerprint density at radius 1 is 1.75 bits per heavy atom. The van der Waals surface area contributed by atoms with E-state index in [-0.39, 0.29) is 18.0 Å². The fraction of sp³-hybridized carbons (Fsp3) is 0.500. The second-order valence-corrected chi connectivity index (χ2v) is 2.56. The minimum absolute atomic E-state index is 0.0393. The zero-order valence-corrected chi connectivity index (χ0v) is 7.07. The van der Waals surface area contributed by atoms with E-state index in [1.165, 1.54) is 13.0 Å². The summed E-state index contributed by atoms with van der Waals surface area (Å²) in [4.78, 5) is 23.4. The number of hydrogen-bond donors (Lipinski definition) is 1. The minimum atomic E-state index is -0.947. The van der Waals surface area contributed by atoms with Gasteiger partial charge in [0.25, 0.3) is 0 Å². The summed E-state index contributed by atoms with van der Waals surface area (Å²) in [7, 11) is 0. The molecule has 0 saturated heterocycles. The highest BCUT2D eigenvalue weighted by Gasteiger charge is 2.02. The molecule has 0 aliphatic heterocycles. The average molecular weight is 169 g/mol. The highest BCUT2D eigenvalue weighted by atomic mass is 16.4. The smallest absolute Gasteiger partial charge is 0.330 e. The number of carbonyl (C=O) groups excluding carboxylic acids is 1. The fourth-order valence-corrected chi connectivity index (χ4v) is 0.732. The molecule has 0 aromatic rings. The summed E-state index contributed by atoms with van der Waals surface area (Å²) in [6.07, 6.45) is 2.96. The van der Waals surface area contributed by atoms with Crippen molar-refractivity contribution >= 4 is 12.0 Å². The first-order valence-electron chi connectivity index (χ1n) is 3.53. The number of rotatable bonds is 4. The predicted molar refractivity (Wildman–Crippen MR) is 43.5 cm³/mol. The quantitative estimate of drug-likeness (QED) is 0.387. The molecule has 0 aromatic heterocycles. The van der Waals surface area contributed by atoms with E-state index in [1.807, 2.05) is 0 Å². The Morgan fingerprint density at radius 3 is 2.75 bits per heavy atom. The third-order valence-corrected chi connectivity index (χ3v) is 1.32. The van der Waals surface area contributed by atoms with Gasteiger partial charge < -0.3 is 5.11 Å². The molecule has 0 saturated carbocycles. The van der Waals surface area contributed by atoms with Gasteiger partial charge >= 0.3 is 5.97 Å². The molecule has 0 heterocycles. The Hall–Kier alpha value is -1.41. The van der Waals surface area contributed by atoms with Crippen molar-refractivity contribution in [1.29, 1.82) is 0 Å². The second-order valence-electron chi connectivity index (χ2n) is 2.56. The molecule has 0 aliphatic carbocycles. The summed E-state index contributed by atoms with van der Waals surface area (Å²) in [5.41, 5.74) is 0.267.